The highest BCUT2D eigenvalue weighted by molar-refractivity contribution is 6.35. The van der Waals surface area contributed by atoms with Crippen molar-refractivity contribution in [2.24, 2.45) is 0 Å². The lowest BCUT2D eigenvalue weighted by Crippen LogP contribution is -2.28. The molecule has 138 valence electrons. The van der Waals surface area contributed by atoms with Crippen LogP contribution in [0, 0.1) is 20.8 Å². The van der Waals surface area contributed by atoms with Gasteiger partial charge >= 0.3 is 5.97 Å². The summed E-state index contributed by atoms with van der Waals surface area (Å²) in [7, 11) is 0. The molecule has 0 spiro atoms. The van der Waals surface area contributed by atoms with Crippen LogP contribution in [0.4, 0.5) is 0 Å². The molecule has 0 radical (unpaired) electrons. The second kappa shape index (κ2) is 8.56. The lowest BCUT2D eigenvalue weighted by atomic mass is 9.98. The topological polar surface area (TPSA) is 52.6 Å². The van der Waals surface area contributed by atoms with Gasteiger partial charge in [0.1, 0.15) is 5.75 Å². The molecule has 0 aromatic heterocycles. The fourth-order valence-electron chi connectivity index (χ4n) is 2.40. The maximum absolute atomic E-state index is 12.4. The Morgan fingerprint density at radius 2 is 1.65 bits per heavy atom. The Morgan fingerprint density at radius 3 is 2.31 bits per heavy atom. The molecule has 26 heavy (non-hydrogen) atoms. The summed E-state index contributed by atoms with van der Waals surface area (Å²) in [6.45, 7) is 6.96. The van der Waals surface area contributed by atoms with E-state index in [1.54, 1.807) is 12.1 Å². The molecule has 0 N–H and O–H groups in total. The average Bonchev–Trinajstić information content (AvgIpc) is 2.58. The average molecular weight is 395 g/mol. The van der Waals surface area contributed by atoms with Gasteiger partial charge in [-0.05, 0) is 68.7 Å². The van der Waals surface area contributed by atoms with E-state index < -0.39 is 12.1 Å². The molecule has 0 amide bonds. The van der Waals surface area contributed by atoms with Crippen LogP contribution in [0.2, 0.25) is 10.0 Å². The molecular weight excluding hydrogens is 375 g/mol. The number of halogens is 2. The van der Waals surface area contributed by atoms with Crippen molar-refractivity contribution in [1.29, 1.82) is 0 Å². The van der Waals surface area contributed by atoms with Crippen molar-refractivity contribution in [3.8, 4) is 5.75 Å². The number of hydrogen-bond acceptors (Lipinski definition) is 4. The van der Waals surface area contributed by atoms with Crippen LogP contribution in [0.25, 0.3) is 0 Å². The number of Topliss-reactive ketones (excluding diaryl/α,β-unsaturated/α-hetero) is 1. The monoisotopic (exact) mass is 394 g/mol. The Hall–Kier alpha value is -2.04. The largest absolute Gasteiger partial charge is 0.477 e. The van der Waals surface area contributed by atoms with Crippen LogP contribution < -0.4 is 4.74 Å². The number of aryl methyl sites for hydroxylation is 3. The standard InChI is InChI=1S/C20H20Cl2O4/c1-11-7-13(3)16(8-12(11)2)18(23)10-25-20(24)14(4)26-19-6-5-15(21)9-17(19)22/h5-9,14H,10H2,1-4H3/t14-/m0/s1. The van der Waals surface area contributed by atoms with Crippen LogP contribution in [0.3, 0.4) is 0 Å². The molecule has 2 aromatic rings. The minimum Gasteiger partial charge on any atom is -0.477 e. The Balaban J connectivity index is 1.97. The predicted molar refractivity (Wildman–Crippen MR) is 102 cm³/mol. The van der Waals surface area contributed by atoms with Crippen LogP contribution in [0.15, 0.2) is 30.3 Å². The number of carbonyl (C=O) groups excluding carboxylic acids is 2. The van der Waals surface area contributed by atoms with E-state index in [4.69, 9.17) is 32.7 Å². The molecule has 2 rings (SSSR count). The molecule has 0 heterocycles. The van der Waals surface area contributed by atoms with Gasteiger partial charge < -0.3 is 9.47 Å². The highest BCUT2D eigenvalue weighted by Crippen LogP contribution is 2.28. The van der Waals surface area contributed by atoms with E-state index in [1.807, 2.05) is 32.9 Å². The van der Waals surface area contributed by atoms with Crippen molar-refractivity contribution >= 4 is 35.0 Å². The van der Waals surface area contributed by atoms with Crippen molar-refractivity contribution in [2.45, 2.75) is 33.8 Å². The van der Waals surface area contributed by atoms with Gasteiger partial charge in [0.25, 0.3) is 0 Å². The van der Waals surface area contributed by atoms with Crippen LogP contribution in [0.5, 0.6) is 5.75 Å². The lowest BCUT2D eigenvalue weighted by Gasteiger charge is -2.15. The first-order valence-electron chi connectivity index (χ1n) is 8.08. The van der Waals surface area contributed by atoms with E-state index in [0.717, 1.165) is 16.7 Å². The molecule has 0 fully saturated rings. The minimum absolute atomic E-state index is 0.254. The summed E-state index contributed by atoms with van der Waals surface area (Å²) >= 11 is 11.8. The zero-order valence-electron chi connectivity index (χ0n) is 15.1. The van der Waals surface area contributed by atoms with E-state index >= 15 is 0 Å². The maximum Gasteiger partial charge on any atom is 0.347 e. The summed E-state index contributed by atoms with van der Waals surface area (Å²) in [5.41, 5.74) is 3.53. The van der Waals surface area contributed by atoms with Crippen LogP contribution in [-0.4, -0.2) is 24.5 Å². The van der Waals surface area contributed by atoms with Gasteiger partial charge in [-0.3, -0.25) is 4.79 Å². The highest BCUT2D eigenvalue weighted by Gasteiger charge is 2.20. The third kappa shape index (κ3) is 4.99. The zero-order valence-corrected chi connectivity index (χ0v) is 16.6. The van der Waals surface area contributed by atoms with Crippen molar-refractivity contribution in [2.75, 3.05) is 6.61 Å². The molecule has 6 heteroatoms. The first kappa shape index (κ1) is 20.3. The highest BCUT2D eigenvalue weighted by atomic mass is 35.5. The summed E-state index contributed by atoms with van der Waals surface area (Å²) in [5, 5.41) is 0.755. The number of ether oxygens (including phenoxy) is 2. The van der Waals surface area contributed by atoms with Gasteiger partial charge in [0.05, 0.1) is 5.02 Å². The first-order valence-corrected chi connectivity index (χ1v) is 8.84. The zero-order chi connectivity index (χ0) is 19.4. The third-order valence-electron chi connectivity index (χ3n) is 4.02. The van der Waals surface area contributed by atoms with Gasteiger partial charge in [-0.25, -0.2) is 4.79 Å². The van der Waals surface area contributed by atoms with Gasteiger partial charge in [0.15, 0.2) is 12.7 Å². The summed E-state index contributed by atoms with van der Waals surface area (Å²) in [6.07, 6.45) is -0.915. The van der Waals surface area contributed by atoms with Gasteiger partial charge in [-0.2, -0.15) is 0 Å². The number of rotatable bonds is 6. The van der Waals surface area contributed by atoms with E-state index in [0.29, 0.717) is 21.4 Å². The predicted octanol–water partition coefficient (Wildman–Crippen LogP) is 5.11. The Kier molecular flexibility index (Phi) is 6.68. The summed E-state index contributed by atoms with van der Waals surface area (Å²) in [6, 6.07) is 8.44. The van der Waals surface area contributed by atoms with E-state index in [2.05, 4.69) is 0 Å². The van der Waals surface area contributed by atoms with Crippen LogP contribution >= 0.6 is 23.2 Å². The lowest BCUT2D eigenvalue weighted by molar-refractivity contribution is -0.149. The molecule has 0 saturated carbocycles. The molecule has 0 aliphatic heterocycles. The minimum atomic E-state index is -0.915. The second-order valence-corrected chi connectivity index (χ2v) is 6.96. The molecular formula is C20H20Cl2O4. The second-order valence-electron chi connectivity index (χ2n) is 6.12. The summed E-state index contributed by atoms with van der Waals surface area (Å²) < 4.78 is 10.6. The molecule has 0 bridgehead atoms. The molecule has 2 aromatic carbocycles. The number of benzene rings is 2. The number of esters is 1. The Morgan fingerprint density at radius 1 is 1.00 bits per heavy atom. The van der Waals surface area contributed by atoms with Crippen molar-refractivity contribution in [1.82, 2.24) is 0 Å². The third-order valence-corrected chi connectivity index (χ3v) is 4.55. The smallest absolute Gasteiger partial charge is 0.347 e. The van der Waals surface area contributed by atoms with Gasteiger partial charge in [-0.15, -0.1) is 0 Å². The van der Waals surface area contributed by atoms with Crippen molar-refractivity contribution in [3.63, 3.8) is 0 Å². The summed E-state index contributed by atoms with van der Waals surface area (Å²) in [5.74, 6) is -0.585. The molecule has 0 aliphatic rings. The number of ketones is 1. The fraction of sp³-hybridized carbons (Fsp3) is 0.300. The SMILES string of the molecule is Cc1cc(C)c(C(=O)COC(=O)[C@H](C)Oc2ccc(Cl)cc2Cl)cc1C. The maximum atomic E-state index is 12.4. The van der Waals surface area contributed by atoms with E-state index in [-0.39, 0.29) is 12.4 Å². The number of hydrogen-bond donors (Lipinski definition) is 0. The van der Waals surface area contributed by atoms with Crippen LogP contribution in [-0.2, 0) is 9.53 Å². The normalized spacial score (nSPS) is 11.8. The molecule has 0 unspecified atom stereocenters. The quantitative estimate of drug-likeness (QED) is 0.504. The van der Waals surface area contributed by atoms with Crippen LogP contribution in [0.1, 0.15) is 34.0 Å². The molecule has 4 nitrogen and oxygen atoms in total. The van der Waals surface area contributed by atoms with Crippen molar-refractivity contribution in [3.05, 3.63) is 62.6 Å². The van der Waals surface area contributed by atoms with E-state index in [9.17, 15) is 9.59 Å². The molecule has 0 aliphatic carbocycles. The van der Waals surface area contributed by atoms with Crippen molar-refractivity contribution < 1.29 is 19.1 Å². The van der Waals surface area contributed by atoms with Gasteiger partial charge in [0.2, 0.25) is 5.78 Å². The Labute approximate surface area is 163 Å². The van der Waals surface area contributed by atoms with Gasteiger partial charge in [0, 0.05) is 10.6 Å². The van der Waals surface area contributed by atoms with E-state index in [1.165, 1.54) is 13.0 Å². The summed E-state index contributed by atoms with van der Waals surface area (Å²) in [4.78, 5) is 24.5. The molecule has 1 atom stereocenters. The number of carbonyl (C=O) groups is 2. The van der Waals surface area contributed by atoms with Gasteiger partial charge in [-0.1, -0.05) is 29.3 Å². The first-order chi connectivity index (χ1) is 12.2. The molecule has 0 saturated heterocycles. The Bertz CT molecular complexity index is 846. The fourth-order valence-corrected chi connectivity index (χ4v) is 2.86.